The third kappa shape index (κ3) is 5.99. The molecule has 2 rings (SSSR count). The lowest BCUT2D eigenvalue weighted by atomic mass is 10.1. The van der Waals surface area contributed by atoms with Crippen molar-refractivity contribution >= 4 is 11.9 Å². The summed E-state index contributed by atoms with van der Waals surface area (Å²) < 4.78 is 0. The van der Waals surface area contributed by atoms with Crippen LogP contribution in [0.1, 0.15) is 30.9 Å². The maximum atomic E-state index is 11.5. The van der Waals surface area contributed by atoms with Crippen LogP contribution in [0.25, 0.3) is 0 Å². The Morgan fingerprint density at radius 1 is 1.30 bits per heavy atom. The van der Waals surface area contributed by atoms with Crippen LogP contribution in [0.4, 0.5) is 0 Å². The standard InChI is InChI=1S/C17H23N5O/c1-2-19-17(21-9-8-20-16(23)15-6-7-15)22-12-14-5-3-4-13(10-14)11-18/h3-5,10,15H,2,6-9,12H2,1H3,(H,20,23)(H2,19,21,22). The molecule has 0 atom stereocenters. The largest absolute Gasteiger partial charge is 0.357 e. The molecule has 122 valence electrons. The van der Waals surface area contributed by atoms with Gasteiger partial charge in [0.25, 0.3) is 0 Å². The van der Waals surface area contributed by atoms with Crippen molar-refractivity contribution in [3.8, 4) is 6.07 Å². The Bertz CT molecular complexity index is 601. The van der Waals surface area contributed by atoms with E-state index in [1.807, 2.05) is 25.1 Å². The van der Waals surface area contributed by atoms with Crippen molar-refractivity contribution in [1.29, 1.82) is 5.26 Å². The molecule has 0 aromatic heterocycles. The molecule has 1 aromatic rings. The summed E-state index contributed by atoms with van der Waals surface area (Å²) in [5.41, 5.74) is 1.63. The van der Waals surface area contributed by atoms with Crippen molar-refractivity contribution in [3.05, 3.63) is 35.4 Å². The molecule has 1 aromatic carbocycles. The average Bonchev–Trinajstić information content (AvgIpc) is 3.41. The van der Waals surface area contributed by atoms with Gasteiger partial charge in [0.15, 0.2) is 5.96 Å². The number of guanidine groups is 1. The molecule has 0 aliphatic heterocycles. The molecule has 0 radical (unpaired) electrons. The lowest BCUT2D eigenvalue weighted by Gasteiger charge is -2.12. The van der Waals surface area contributed by atoms with Crippen molar-refractivity contribution in [2.75, 3.05) is 19.6 Å². The molecule has 0 spiro atoms. The minimum absolute atomic E-state index is 0.155. The molecular formula is C17H23N5O. The zero-order valence-electron chi connectivity index (χ0n) is 13.4. The minimum atomic E-state index is 0.155. The Hall–Kier alpha value is -2.55. The summed E-state index contributed by atoms with van der Waals surface area (Å²) in [6.07, 6.45) is 2.04. The van der Waals surface area contributed by atoms with Crippen LogP contribution in [0.3, 0.4) is 0 Å². The highest BCUT2D eigenvalue weighted by atomic mass is 16.2. The van der Waals surface area contributed by atoms with Gasteiger partial charge in [-0.3, -0.25) is 4.79 Å². The molecule has 3 N–H and O–H groups in total. The van der Waals surface area contributed by atoms with Gasteiger partial charge in [0.2, 0.25) is 5.91 Å². The average molecular weight is 313 g/mol. The predicted octanol–water partition coefficient (Wildman–Crippen LogP) is 1.14. The van der Waals surface area contributed by atoms with Crippen LogP contribution in [0.15, 0.2) is 29.3 Å². The molecule has 23 heavy (non-hydrogen) atoms. The van der Waals surface area contributed by atoms with E-state index in [2.05, 4.69) is 27.0 Å². The first kappa shape index (κ1) is 16.8. The van der Waals surface area contributed by atoms with Gasteiger partial charge in [-0.2, -0.15) is 5.26 Å². The van der Waals surface area contributed by atoms with Crippen molar-refractivity contribution in [2.24, 2.45) is 10.9 Å². The van der Waals surface area contributed by atoms with Gasteiger partial charge in [-0.05, 0) is 37.5 Å². The topological polar surface area (TPSA) is 89.3 Å². The summed E-state index contributed by atoms with van der Waals surface area (Å²) in [7, 11) is 0. The molecule has 1 aliphatic rings. The van der Waals surface area contributed by atoms with Gasteiger partial charge in [0, 0.05) is 25.6 Å². The Morgan fingerprint density at radius 2 is 2.09 bits per heavy atom. The minimum Gasteiger partial charge on any atom is -0.357 e. The lowest BCUT2D eigenvalue weighted by molar-refractivity contribution is -0.122. The molecule has 0 unspecified atom stereocenters. The van der Waals surface area contributed by atoms with Gasteiger partial charge in [-0.1, -0.05) is 12.1 Å². The van der Waals surface area contributed by atoms with Gasteiger partial charge in [-0.15, -0.1) is 0 Å². The first-order chi connectivity index (χ1) is 11.2. The monoisotopic (exact) mass is 313 g/mol. The molecular weight excluding hydrogens is 290 g/mol. The van der Waals surface area contributed by atoms with Gasteiger partial charge in [-0.25, -0.2) is 4.99 Å². The number of carbonyl (C=O) groups excluding carboxylic acids is 1. The van der Waals surface area contributed by atoms with Crippen molar-refractivity contribution < 1.29 is 4.79 Å². The number of nitrogens with one attached hydrogen (secondary N) is 3. The number of carbonyl (C=O) groups is 1. The highest BCUT2D eigenvalue weighted by Crippen LogP contribution is 2.28. The zero-order chi connectivity index (χ0) is 16.5. The normalized spacial score (nSPS) is 14.0. The highest BCUT2D eigenvalue weighted by molar-refractivity contribution is 5.81. The molecule has 0 heterocycles. The van der Waals surface area contributed by atoms with E-state index in [0.29, 0.717) is 31.2 Å². The van der Waals surface area contributed by atoms with E-state index in [1.165, 1.54) is 0 Å². The van der Waals surface area contributed by atoms with E-state index in [-0.39, 0.29) is 11.8 Å². The summed E-state index contributed by atoms with van der Waals surface area (Å²) in [5, 5.41) is 18.2. The maximum Gasteiger partial charge on any atom is 0.223 e. The van der Waals surface area contributed by atoms with Crippen LogP contribution in [0.5, 0.6) is 0 Å². The van der Waals surface area contributed by atoms with E-state index in [4.69, 9.17) is 5.26 Å². The van der Waals surface area contributed by atoms with E-state index < -0.39 is 0 Å². The fourth-order valence-electron chi connectivity index (χ4n) is 2.11. The molecule has 0 bridgehead atoms. The van der Waals surface area contributed by atoms with E-state index in [9.17, 15) is 4.79 Å². The SMILES string of the molecule is CCNC(=NCc1cccc(C#N)c1)NCCNC(=O)C1CC1. The molecule has 0 saturated heterocycles. The van der Waals surface area contributed by atoms with Gasteiger partial charge in [0.1, 0.15) is 0 Å². The lowest BCUT2D eigenvalue weighted by Crippen LogP contribution is -2.41. The van der Waals surface area contributed by atoms with Crippen LogP contribution in [-0.2, 0) is 11.3 Å². The van der Waals surface area contributed by atoms with Gasteiger partial charge >= 0.3 is 0 Å². The van der Waals surface area contributed by atoms with Crippen LogP contribution < -0.4 is 16.0 Å². The third-order valence-corrected chi connectivity index (χ3v) is 3.48. The second-order valence-corrected chi connectivity index (χ2v) is 5.50. The van der Waals surface area contributed by atoms with Crippen LogP contribution in [0.2, 0.25) is 0 Å². The quantitative estimate of drug-likeness (QED) is 0.400. The number of nitrogens with zero attached hydrogens (tertiary/aromatic N) is 2. The second kappa shape index (κ2) is 8.79. The summed E-state index contributed by atoms with van der Waals surface area (Å²) in [4.78, 5) is 16.0. The number of aliphatic imine (C=N–C) groups is 1. The Kier molecular flexibility index (Phi) is 6.42. The molecule has 1 saturated carbocycles. The molecule has 1 aliphatic carbocycles. The number of rotatable bonds is 7. The third-order valence-electron chi connectivity index (χ3n) is 3.48. The van der Waals surface area contributed by atoms with Gasteiger partial charge in [0.05, 0.1) is 18.2 Å². The fraction of sp³-hybridized carbons (Fsp3) is 0.471. The highest BCUT2D eigenvalue weighted by Gasteiger charge is 2.28. The zero-order valence-corrected chi connectivity index (χ0v) is 13.4. The number of benzene rings is 1. The molecule has 1 fully saturated rings. The number of hydrogen-bond donors (Lipinski definition) is 3. The van der Waals surface area contributed by atoms with E-state index in [1.54, 1.807) is 6.07 Å². The summed E-state index contributed by atoms with van der Waals surface area (Å²) in [6, 6.07) is 9.55. The summed E-state index contributed by atoms with van der Waals surface area (Å²) in [5.74, 6) is 1.10. The van der Waals surface area contributed by atoms with Crippen LogP contribution in [-0.4, -0.2) is 31.5 Å². The van der Waals surface area contributed by atoms with E-state index >= 15 is 0 Å². The predicted molar refractivity (Wildman–Crippen MR) is 89.7 cm³/mol. The Balaban J connectivity index is 1.79. The molecule has 6 heteroatoms. The maximum absolute atomic E-state index is 11.5. The van der Waals surface area contributed by atoms with Crippen molar-refractivity contribution in [3.63, 3.8) is 0 Å². The summed E-state index contributed by atoms with van der Waals surface area (Å²) >= 11 is 0. The number of nitriles is 1. The number of hydrogen-bond acceptors (Lipinski definition) is 3. The van der Waals surface area contributed by atoms with Gasteiger partial charge < -0.3 is 16.0 Å². The first-order valence-corrected chi connectivity index (χ1v) is 8.02. The second-order valence-electron chi connectivity index (χ2n) is 5.50. The number of amides is 1. The summed E-state index contributed by atoms with van der Waals surface area (Å²) in [6.45, 7) is 4.48. The van der Waals surface area contributed by atoms with Crippen molar-refractivity contribution in [1.82, 2.24) is 16.0 Å². The van der Waals surface area contributed by atoms with E-state index in [0.717, 1.165) is 24.9 Å². The van der Waals surface area contributed by atoms with Crippen LogP contribution >= 0.6 is 0 Å². The first-order valence-electron chi connectivity index (χ1n) is 8.02. The smallest absolute Gasteiger partial charge is 0.223 e. The molecule has 1 amide bonds. The molecule has 6 nitrogen and oxygen atoms in total. The Labute approximate surface area is 137 Å². The fourth-order valence-corrected chi connectivity index (χ4v) is 2.11. The van der Waals surface area contributed by atoms with Crippen LogP contribution in [0, 0.1) is 17.2 Å². The van der Waals surface area contributed by atoms with Crippen molar-refractivity contribution in [2.45, 2.75) is 26.3 Å². The Morgan fingerprint density at radius 3 is 2.78 bits per heavy atom.